The van der Waals surface area contributed by atoms with Gasteiger partial charge in [0.1, 0.15) is 0 Å². The number of fused-ring (bicyclic) bond motifs is 3. The van der Waals surface area contributed by atoms with Gasteiger partial charge in [0.2, 0.25) is 5.78 Å². The van der Waals surface area contributed by atoms with Gasteiger partial charge in [-0.05, 0) is 52.0 Å². The second-order valence-electron chi connectivity index (χ2n) is 7.08. The molecule has 0 N–H and O–H groups in total. The van der Waals surface area contributed by atoms with Crippen molar-refractivity contribution in [2.45, 2.75) is 34.2 Å². The van der Waals surface area contributed by atoms with Crippen molar-refractivity contribution < 1.29 is 9.53 Å². The Morgan fingerprint density at radius 1 is 1.07 bits per heavy atom. The molecule has 3 heterocycles. The van der Waals surface area contributed by atoms with E-state index in [1.807, 2.05) is 18.4 Å². The predicted octanol–water partition coefficient (Wildman–Crippen LogP) is 1.95. The smallest absolute Gasteiger partial charge is 0.338 e. The lowest BCUT2D eigenvalue weighted by molar-refractivity contribution is 0.0526. The molecule has 0 aliphatic rings. The Kier molecular flexibility index (Phi) is 4.60. The lowest BCUT2D eigenvalue weighted by Crippen LogP contribution is -2.38. The minimum absolute atomic E-state index is 0.280. The predicted molar refractivity (Wildman–Crippen MR) is 113 cm³/mol. The lowest BCUT2D eigenvalue weighted by atomic mass is 10.2. The van der Waals surface area contributed by atoms with Crippen LogP contribution in [-0.4, -0.2) is 35.7 Å². The van der Waals surface area contributed by atoms with Crippen LogP contribution in [0.4, 0.5) is 0 Å². The highest BCUT2D eigenvalue weighted by Crippen LogP contribution is 2.24. The molecule has 0 aliphatic carbocycles. The fourth-order valence-electron chi connectivity index (χ4n) is 3.80. The first-order chi connectivity index (χ1) is 14.3. The normalized spacial score (nSPS) is 11.5. The van der Waals surface area contributed by atoms with Gasteiger partial charge in [0, 0.05) is 30.7 Å². The molecular weight excluding hydrogens is 386 g/mol. The number of aryl methyl sites for hydroxylation is 2. The molecule has 9 heteroatoms. The van der Waals surface area contributed by atoms with Gasteiger partial charge >= 0.3 is 11.7 Å². The highest BCUT2D eigenvalue weighted by Gasteiger charge is 2.23. The number of carbonyl (C=O) groups excluding carboxylic acids is 1. The lowest BCUT2D eigenvalue weighted by Gasteiger charge is -2.08. The van der Waals surface area contributed by atoms with Crippen molar-refractivity contribution in [2.75, 3.05) is 6.61 Å². The molecule has 0 atom stereocenters. The Labute approximate surface area is 171 Å². The van der Waals surface area contributed by atoms with Gasteiger partial charge in [-0.25, -0.2) is 9.59 Å². The van der Waals surface area contributed by atoms with Crippen LogP contribution in [0.3, 0.4) is 0 Å². The highest BCUT2D eigenvalue weighted by atomic mass is 16.5. The van der Waals surface area contributed by atoms with Crippen molar-refractivity contribution in [3.8, 4) is 5.69 Å². The van der Waals surface area contributed by atoms with E-state index >= 15 is 0 Å². The zero-order valence-corrected chi connectivity index (χ0v) is 17.6. The number of hydrogen-bond donors (Lipinski definition) is 0. The van der Waals surface area contributed by atoms with Crippen LogP contribution in [0, 0.1) is 13.8 Å². The topological polar surface area (TPSA) is 92.5 Å². The van der Waals surface area contributed by atoms with Crippen LogP contribution in [0.25, 0.3) is 22.6 Å². The van der Waals surface area contributed by atoms with E-state index in [0.717, 1.165) is 17.1 Å². The van der Waals surface area contributed by atoms with Gasteiger partial charge in [0.05, 0.1) is 12.2 Å². The number of aromatic nitrogens is 5. The Morgan fingerprint density at radius 2 is 1.73 bits per heavy atom. The fourth-order valence-corrected chi connectivity index (χ4v) is 3.80. The summed E-state index contributed by atoms with van der Waals surface area (Å²) >= 11 is 0. The van der Waals surface area contributed by atoms with Crippen LogP contribution in [0.15, 0.2) is 33.9 Å². The Hall–Kier alpha value is -3.62. The molecule has 30 heavy (non-hydrogen) atoms. The maximum Gasteiger partial charge on any atom is 0.338 e. The summed E-state index contributed by atoms with van der Waals surface area (Å²) in [5.74, 6) is 0.154. The molecule has 1 aromatic carbocycles. The average molecular weight is 409 g/mol. The molecule has 4 aromatic rings. The molecule has 3 aromatic heterocycles. The molecule has 156 valence electrons. The maximum atomic E-state index is 13.0. The van der Waals surface area contributed by atoms with Crippen LogP contribution in [0.5, 0.6) is 0 Å². The fraction of sp³-hybridized carbons (Fsp3) is 0.333. The number of ether oxygens (including phenoxy) is 1. The third-order valence-corrected chi connectivity index (χ3v) is 5.47. The molecule has 9 nitrogen and oxygen atoms in total. The van der Waals surface area contributed by atoms with Gasteiger partial charge in [-0.1, -0.05) is 0 Å². The summed E-state index contributed by atoms with van der Waals surface area (Å²) in [6, 6.07) is 7.00. The van der Waals surface area contributed by atoms with E-state index in [2.05, 4.69) is 4.98 Å². The minimum atomic E-state index is -0.393. The molecule has 0 saturated heterocycles. The van der Waals surface area contributed by atoms with Crippen molar-refractivity contribution in [3.63, 3.8) is 0 Å². The number of imidazole rings is 2. The maximum absolute atomic E-state index is 13.0. The first-order valence-electron chi connectivity index (χ1n) is 9.79. The molecule has 0 saturated carbocycles. The second kappa shape index (κ2) is 7.01. The average Bonchev–Trinajstić information content (AvgIpc) is 3.23. The summed E-state index contributed by atoms with van der Waals surface area (Å²) < 4.78 is 11.3. The van der Waals surface area contributed by atoms with E-state index in [9.17, 15) is 14.4 Å². The van der Waals surface area contributed by atoms with E-state index in [1.165, 1.54) is 9.13 Å². The van der Waals surface area contributed by atoms with Crippen molar-refractivity contribution in [3.05, 3.63) is 62.1 Å². The molecule has 0 radical (unpaired) electrons. The number of benzene rings is 1. The van der Waals surface area contributed by atoms with Crippen LogP contribution in [0.2, 0.25) is 0 Å². The molecular formula is C21H23N5O4. The zero-order valence-electron chi connectivity index (χ0n) is 17.6. The van der Waals surface area contributed by atoms with Crippen molar-refractivity contribution in [1.82, 2.24) is 23.1 Å². The van der Waals surface area contributed by atoms with Crippen molar-refractivity contribution in [2.24, 2.45) is 7.05 Å². The quantitative estimate of drug-likeness (QED) is 0.481. The molecule has 0 unspecified atom stereocenters. The summed E-state index contributed by atoms with van der Waals surface area (Å²) in [6.07, 6.45) is 0. The zero-order chi connectivity index (χ0) is 21.7. The van der Waals surface area contributed by atoms with Gasteiger partial charge in [0.15, 0.2) is 11.2 Å². The molecule has 4 rings (SSSR count). The van der Waals surface area contributed by atoms with Crippen molar-refractivity contribution >= 4 is 22.9 Å². The van der Waals surface area contributed by atoms with E-state index in [1.54, 1.807) is 49.6 Å². The van der Waals surface area contributed by atoms with Gasteiger partial charge in [-0.3, -0.25) is 22.9 Å². The van der Waals surface area contributed by atoms with E-state index < -0.39 is 5.69 Å². The Balaban J connectivity index is 2.02. The number of esters is 1. The SMILES string of the molecule is CCOC(=O)c1ccc(-n2c(C)c(C)n3c4c(=O)n(CC)c(=O)n(C)c4nc23)cc1. The van der Waals surface area contributed by atoms with Crippen LogP contribution >= 0.6 is 0 Å². The molecule has 0 spiro atoms. The third kappa shape index (κ3) is 2.62. The summed E-state index contributed by atoms with van der Waals surface area (Å²) in [4.78, 5) is 42.1. The van der Waals surface area contributed by atoms with Crippen LogP contribution < -0.4 is 11.2 Å². The molecule has 0 aliphatic heterocycles. The number of hydrogen-bond acceptors (Lipinski definition) is 5. The summed E-state index contributed by atoms with van der Waals surface area (Å²) in [5, 5.41) is 0. The Bertz CT molecular complexity index is 1420. The number of carbonyl (C=O) groups is 1. The van der Waals surface area contributed by atoms with Crippen LogP contribution in [0.1, 0.15) is 35.6 Å². The Morgan fingerprint density at radius 3 is 2.33 bits per heavy atom. The van der Waals surface area contributed by atoms with Crippen LogP contribution in [-0.2, 0) is 18.3 Å². The van der Waals surface area contributed by atoms with Gasteiger partial charge in [0.25, 0.3) is 5.56 Å². The number of nitrogens with zero attached hydrogens (tertiary/aromatic N) is 5. The second-order valence-corrected chi connectivity index (χ2v) is 7.08. The van der Waals surface area contributed by atoms with E-state index in [0.29, 0.717) is 29.1 Å². The van der Waals surface area contributed by atoms with Crippen molar-refractivity contribution in [1.29, 1.82) is 0 Å². The third-order valence-electron chi connectivity index (χ3n) is 5.47. The first-order valence-corrected chi connectivity index (χ1v) is 9.79. The van der Waals surface area contributed by atoms with Gasteiger partial charge in [-0.15, -0.1) is 0 Å². The van der Waals surface area contributed by atoms with Gasteiger partial charge in [-0.2, -0.15) is 4.98 Å². The standard InChI is InChI=1S/C21H23N5O4/c1-6-24-18(27)16-17(23(5)21(24)29)22-20-25(12(3)13(4)26(16)20)15-10-8-14(9-11-15)19(28)30-7-2/h8-11H,6-7H2,1-5H3. The molecule has 0 amide bonds. The van der Waals surface area contributed by atoms with E-state index in [-0.39, 0.29) is 18.1 Å². The first kappa shape index (κ1) is 19.7. The van der Waals surface area contributed by atoms with Gasteiger partial charge < -0.3 is 4.74 Å². The summed E-state index contributed by atoms with van der Waals surface area (Å²) in [5.41, 5.74) is 2.95. The number of rotatable bonds is 4. The molecule has 0 fully saturated rings. The van der Waals surface area contributed by atoms with E-state index in [4.69, 9.17) is 4.74 Å². The monoisotopic (exact) mass is 409 g/mol. The highest BCUT2D eigenvalue weighted by molar-refractivity contribution is 5.89. The molecule has 0 bridgehead atoms. The largest absolute Gasteiger partial charge is 0.462 e. The minimum Gasteiger partial charge on any atom is -0.462 e. The summed E-state index contributed by atoms with van der Waals surface area (Å²) in [6.45, 7) is 7.97. The summed E-state index contributed by atoms with van der Waals surface area (Å²) in [7, 11) is 1.61.